The van der Waals surface area contributed by atoms with E-state index in [1.165, 1.54) is 12.8 Å². The molecule has 0 fully saturated rings. The fraction of sp³-hybridized carbons (Fsp3) is 1.00. The molecule has 0 rings (SSSR count). The monoisotopic (exact) mass is 145 g/mol. The van der Waals surface area contributed by atoms with Crippen LogP contribution in [0.5, 0.6) is 0 Å². The lowest BCUT2D eigenvalue weighted by atomic mass is 10.0. The van der Waals surface area contributed by atoms with Gasteiger partial charge in [0.2, 0.25) is 0 Å². The van der Waals surface area contributed by atoms with Gasteiger partial charge in [-0.05, 0) is 25.3 Å². The largest absolute Gasteiger partial charge is 0.384 e. The van der Waals surface area contributed by atoms with E-state index in [0.29, 0.717) is 5.92 Å². The van der Waals surface area contributed by atoms with Gasteiger partial charge in [-0.15, -0.1) is 0 Å². The van der Waals surface area contributed by atoms with Gasteiger partial charge in [-0.1, -0.05) is 13.3 Å². The smallest absolute Gasteiger partial charge is 0.0490 e. The Kier molecular flexibility index (Phi) is 6.98. The summed E-state index contributed by atoms with van der Waals surface area (Å²) in [5, 5.41) is 0. The molecule has 0 radical (unpaired) electrons. The average molecular weight is 145 g/mol. The molecule has 1 unspecified atom stereocenters. The summed E-state index contributed by atoms with van der Waals surface area (Å²) in [6.07, 6.45) is 3.57. The number of ether oxygens (including phenoxy) is 1. The zero-order valence-corrected chi connectivity index (χ0v) is 7.10. The zero-order valence-electron chi connectivity index (χ0n) is 7.10. The van der Waals surface area contributed by atoms with E-state index in [9.17, 15) is 0 Å². The van der Waals surface area contributed by atoms with Crippen molar-refractivity contribution in [2.45, 2.75) is 26.2 Å². The van der Waals surface area contributed by atoms with E-state index in [2.05, 4.69) is 6.92 Å². The summed E-state index contributed by atoms with van der Waals surface area (Å²) in [7, 11) is 1.75. The lowest BCUT2D eigenvalue weighted by molar-refractivity contribution is 0.144. The molecule has 10 heavy (non-hydrogen) atoms. The Morgan fingerprint density at radius 3 is 2.50 bits per heavy atom. The van der Waals surface area contributed by atoms with Crippen LogP contribution < -0.4 is 5.73 Å². The molecule has 0 aliphatic heterocycles. The fourth-order valence-electron chi connectivity index (χ4n) is 1.19. The lowest BCUT2D eigenvalue weighted by Crippen LogP contribution is -2.13. The number of nitrogens with two attached hydrogens (primary N) is 1. The minimum Gasteiger partial charge on any atom is -0.384 e. The quantitative estimate of drug-likeness (QED) is 0.613. The molecule has 0 bridgehead atoms. The molecule has 2 nitrogen and oxygen atoms in total. The Bertz CT molecular complexity index is 52.0. The van der Waals surface area contributed by atoms with E-state index < -0.39 is 0 Å². The molecule has 0 amide bonds. The van der Waals surface area contributed by atoms with Gasteiger partial charge in [0.05, 0.1) is 0 Å². The first kappa shape index (κ1) is 9.92. The summed E-state index contributed by atoms with van der Waals surface area (Å²) < 4.78 is 5.05. The van der Waals surface area contributed by atoms with Crippen molar-refractivity contribution in [2.24, 2.45) is 11.7 Å². The highest BCUT2D eigenvalue weighted by molar-refractivity contribution is 4.57. The molecule has 1 atom stereocenters. The normalized spacial score (nSPS) is 13.5. The van der Waals surface area contributed by atoms with E-state index >= 15 is 0 Å². The summed E-state index contributed by atoms with van der Waals surface area (Å²) in [4.78, 5) is 0. The Balaban J connectivity index is 3.30. The number of rotatable bonds is 6. The summed E-state index contributed by atoms with van der Waals surface area (Å²) in [6.45, 7) is 3.85. The van der Waals surface area contributed by atoms with Crippen LogP contribution in [0.2, 0.25) is 0 Å². The molecule has 62 valence electrons. The first-order valence-corrected chi connectivity index (χ1v) is 4.04. The van der Waals surface area contributed by atoms with Crippen molar-refractivity contribution in [3.05, 3.63) is 0 Å². The second-order valence-electron chi connectivity index (χ2n) is 2.69. The molecule has 0 aromatic heterocycles. The predicted molar refractivity (Wildman–Crippen MR) is 43.9 cm³/mol. The molecule has 0 aliphatic rings. The van der Waals surface area contributed by atoms with Gasteiger partial charge in [-0.25, -0.2) is 0 Å². The molecule has 0 aromatic carbocycles. The van der Waals surface area contributed by atoms with Gasteiger partial charge in [-0.2, -0.15) is 0 Å². The van der Waals surface area contributed by atoms with Crippen LogP contribution in [0.25, 0.3) is 0 Å². The van der Waals surface area contributed by atoms with Crippen LogP contribution in [0.1, 0.15) is 26.2 Å². The van der Waals surface area contributed by atoms with E-state index in [4.69, 9.17) is 10.5 Å². The summed E-state index contributed by atoms with van der Waals surface area (Å²) >= 11 is 0. The SMILES string of the molecule is CCCC(CCN)COC. The zero-order chi connectivity index (χ0) is 7.82. The van der Waals surface area contributed by atoms with Crippen LogP contribution in [0.3, 0.4) is 0 Å². The molecule has 0 aliphatic carbocycles. The third kappa shape index (κ3) is 4.77. The summed E-state index contributed by atoms with van der Waals surface area (Å²) in [6, 6.07) is 0. The predicted octanol–water partition coefficient (Wildman–Crippen LogP) is 1.40. The molecule has 0 aromatic rings. The lowest BCUT2D eigenvalue weighted by Gasteiger charge is -2.12. The highest BCUT2D eigenvalue weighted by Gasteiger charge is 2.04. The van der Waals surface area contributed by atoms with Gasteiger partial charge < -0.3 is 10.5 Å². The average Bonchev–Trinajstić information content (AvgIpc) is 1.90. The Morgan fingerprint density at radius 1 is 1.40 bits per heavy atom. The van der Waals surface area contributed by atoms with Crippen LogP contribution in [0.15, 0.2) is 0 Å². The summed E-state index contributed by atoms with van der Waals surface area (Å²) in [5.74, 6) is 0.681. The third-order valence-electron chi connectivity index (χ3n) is 1.67. The Morgan fingerprint density at radius 2 is 2.10 bits per heavy atom. The topological polar surface area (TPSA) is 35.2 Å². The van der Waals surface area contributed by atoms with Crippen LogP contribution in [0, 0.1) is 5.92 Å². The maximum absolute atomic E-state index is 5.43. The molecule has 0 saturated heterocycles. The standard InChI is InChI=1S/C8H19NO/c1-3-4-8(5-6-9)7-10-2/h8H,3-7,9H2,1-2H3. The van der Waals surface area contributed by atoms with Crippen molar-refractivity contribution in [3.8, 4) is 0 Å². The van der Waals surface area contributed by atoms with Gasteiger partial charge in [-0.3, -0.25) is 0 Å². The maximum Gasteiger partial charge on any atom is 0.0490 e. The van der Waals surface area contributed by atoms with Crippen molar-refractivity contribution in [1.29, 1.82) is 0 Å². The highest BCUT2D eigenvalue weighted by Crippen LogP contribution is 2.09. The number of hydrogen-bond acceptors (Lipinski definition) is 2. The number of methoxy groups -OCH3 is 1. The molecular formula is C8H19NO. The molecule has 2 N–H and O–H groups in total. The van der Waals surface area contributed by atoms with Crippen LogP contribution in [-0.2, 0) is 4.74 Å². The molecular weight excluding hydrogens is 126 g/mol. The van der Waals surface area contributed by atoms with Crippen molar-refractivity contribution in [2.75, 3.05) is 20.3 Å². The fourth-order valence-corrected chi connectivity index (χ4v) is 1.19. The van der Waals surface area contributed by atoms with Crippen molar-refractivity contribution >= 4 is 0 Å². The van der Waals surface area contributed by atoms with Gasteiger partial charge >= 0.3 is 0 Å². The highest BCUT2D eigenvalue weighted by atomic mass is 16.5. The van der Waals surface area contributed by atoms with Crippen LogP contribution in [0.4, 0.5) is 0 Å². The van der Waals surface area contributed by atoms with Gasteiger partial charge in [0.25, 0.3) is 0 Å². The van der Waals surface area contributed by atoms with E-state index in [1.807, 2.05) is 0 Å². The van der Waals surface area contributed by atoms with Crippen molar-refractivity contribution in [3.63, 3.8) is 0 Å². The van der Waals surface area contributed by atoms with Crippen molar-refractivity contribution in [1.82, 2.24) is 0 Å². The van der Waals surface area contributed by atoms with Crippen LogP contribution in [-0.4, -0.2) is 20.3 Å². The molecule has 0 saturated carbocycles. The Labute approximate surface area is 63.7 Å². The van der Waals surface area contributed by atoms with E-state index in [1.54, 1.807) is 7.11 Å². The minimum absolute atomic E-state index is 0.681. The van der Waals surface area contributed by atoms with Gasteiger partial charge in [0.15, 0.2) is 0 Å². The second-order valence-corrected chi connectivity index (χ2v) is 2.69. The minimum atomic E-state index is 0.681. The molecule has 0 spiro atoms. The Hall–Kier alpha value is -0.0800. The van der Waals surface area contributed by atoms with Gasteiger partial charge in [0.1, 0.15) is 0 Å². The second kappa shape index (κ2) is 7.03. The number of hydrogen-bond donors (Lipinski definition) is 1. The van der Waals surface area contributed by atoms with Gasteiger partial charge in [0, 0.05) is 13.7 Å². The van der Waals surface area contributed by atoms with E-state index in [-0.39, 0.29) is 0 Å². The first-order valence-electron chi connectivity index (χ1n) is 4.04. The summed E-state index contributed by atoms with van der Waals surface area (Å²) in [5.41, 5.74) is 5.43. The maximum atomic E-state index is 5.43. The third-order valence-corrected chi connectivity index (χ3v) is 1.67. The molecule has 0 heterocycles. The van der Waals surface area contributed by atoms with Crippen LogP contribution >= 0.6 is 0 Å². The van der Waals surface area contributed by atoms with Crippen molar-refractivity contribution < 1.29 is 4.74 Å². The van der Waals surface area contributed by atoms with E-state index in [0.717, 1.165) is 19.6 Å². The molecule has 2 heteroatoms. The first-order chi connectivity index (χ1) is 4.85.